The molecule has 0 saturated heterocycles. The van der Waals surface area contributed by atoms with Crippen molar-refractivity contribution in [3.8, 4) is 0 Å². The van der Waals surface area contributed by atoms with Gasteiger partial charge in [0.1, 0.15) is 5.25 Å². The first-order valence-electron chi connectivity index (χ1n) is 3.93. The van der Waals surface area contributed by atoms with Gasteiger partial charge in [-0.2, -0.15) is 0 Å². The molecule has 0 radical (unpaired) electrons. The normalized spacial score (nSPS) is 13.4. The Bertz CT molecular complexity index is 428. The monoisotopic (exact) mass is 267 g/mol. The summed E-state index contributed by atoms with van der Waals surface area (Å²) in [4.78, 5) is -0.0672. The summed E-state index contributed by atoms with van der Waals surface area (Å²) >= 11 is 5.51. The summed E-state index contributed by atoms with van der Waals surface area (Å²) in [5, 5.41) is 5.92. The van der Waals surface area contributed by atoms with Crippen molar-refractivity contribution in [1.82, 2.24) is 14.8 Å². The third kappa shape index (κ3) is 3.04. The number of nitrogens with one attached hydrogen (secondary N) is 1. The van der Waals surface area contributed by atoms with Gasteiger partial charge in [-0.3, -0.25) is 4.72 Å². The van der Waals surface area contributed by atoms with E-state index in [0.717, 1.165) is 11.5 Å². The van der Waals surface area contributed by atoms with E-state index in [1.54, 1.807) is 6.92 Å². The smallest absolute Gasteiger partial charge is 0.243 e. The highest BCUT2D eigenvalue weighted by atomic mass is 32.2. The Morgan fingerprint density at radius 1 is 1.73 bits per heavy atom. The van der Waals surface area contributed by atoms with Crippen LogP contribution < -0.4 is 10.5 Å². The Hall–Kier alpha value is -0.870. The molecule has 7 nitrogen and oxygen atoms in total. The van der Waals surface area contributed by atoms with Crippen molar-refractivity contribution >= 4 is 43.9 Å². The van der Waals surface area contributed by atoms with Crippen molar-refractivity contribution in [1.29, 1.82) is 0 Å². The van der Waals surface area contributed by atoms with E-state index >= 15 is 0 Å². The summed E-state index contributed by atoms with van der Waals surface area (Å²) < 4.78 is 29.0. The molecule has 0 aliphatic rings. The molecule has 0 bridgehead atoms. The highest BCUT2D eigenvalue weighted by molar-refractivity contribution is 7.95. The number of sulfonamides is 1. The van der Waals surface area contributed by atoms with Gasteiger partial charge in [-0.25, -0.2) is 8.42 Å². The zero-order valence-corrected chi connectivity index (χ0v) is 10.2. The first kappa shape index (κ1) is 12.2. The van der Waals surface area contributed by atoms with Crippen LogP contribution in [0.25, 0.3) is 0 Å². The van der Waals surface area contributed by atoms with Crippen molar-refractivity contribution in [3.63, 3.8) is 0 Å². The lowest BCUT2D eigenvalue weighted by atomic mass is 10.3. The second-order valence-electron chi connectivity index (χ2n) is 2.61. The van der Waals surface area contributed by atoms with Crippen molar-refractivity contribution < 1.29 is 8.42 Å². The summed E-state index contributed by atoms with van der Waals surface area (Å²) in [6.45, 7) is 1.68. The molecular weight excluding hydrogens is 258 g/mol. The molecule has 84 valence electrons. The van der Waals surface area contributed by atoms with Gasteiger partial charge in [0, 0.05) is 11.5 Å². The van der Waals surface area contributed by atoms with Crippen molar-refractivity contribution in [2.24, 2.45) is 5.73 Å². The maximum Gasteiger partial charge on any atom is 0.243 e. The predicted molar refractivity (Wildman–Crippen MR) is 61.1 cm³/mol. The van der Waals surface area contributed by atoms with Gasteiger partial charge in [-0.15, -0.1) is 0 Å². The molecule has 0 saturated carbocycles. The van der Waals surface area contributed by atoms with Crippen molar-refractivity contribution in [2.45, 2.75) is 18.6 Å². The molecular formula is C5H9N5O2S3. The number of hydrogen-bond donors (Lipinski definition) is 2. The van der Waals surface area contributed by atoms with E-state index < -0.39 is 15.3 Å². The molecule has 0 aliphatic carbocycles. The number of thiocarbonyl (C=S) groups is 1. The summed E-state index contributed by atoms with van der Waals surface area (Å²) in [6.07, 6.45) is 0.302. The Balaban J connectivity index is 2.87. The van der Waals surface area contributed by atoms with E-state index in [1.807, 2.05) is 0 Å². The summed E-state index contributed by atoms with van der Waals surface area (Å²) in [7, 11) is -3.64. The molecule has 15 heavy (non-hydrogen) atoms. The Labute approximate surface area is 96.3 Å². The molecule has 1 aromatic rings. The van der Waals surface area contributed by atoms with Gasteiger partial charge >= 0.3 is 0 Å². The van der Waals surface area contributed by atoms with Gasteiger partial charge in [-0.1, -0.05) is 28.7 Å². The maximum absolute atomic E-state index is 11.7. The lowest BCUT2D eigenvalue weighted by Crippen LogP contribution is -2.37. The standard InChI is InChI=1S/C5H9N5O2S3/c1-2-3(4(6)13)15(11,12)8-5-7-9-10-14-5/h3H,2H2,1H3,(H2,6,13)(H,7,8,10). The molecule has 10 heteroatoms. The fourth-order valence-corrected chi connectivity index (χ4v) is 3.38. The molecule has 1 unspecified atom stereocenters. The largest absolute Gasteiger partial charge is 0.392 e. The van der Waals surface area contributed by atoms with Gasteiger partial charge in [0.25, 0.3) is 0 Å². The van der Waals surface area contributed by atoms with E-state index in [-0.39, 0.29) is 10.1 Å². The number of anilines is 1. The van der Waals surface area contributed by atoms with E-state index in [9.17, 15) is 8.42 Å². The lowest BCUT2D eigenvalue weighted by molar-refractivity contribution is 0.594. The van der Waals surface area contributed by atoms with Gasteiger partial charge < -0.3 is 5.73 Å². The molecule has 3 N–H and O–H groups in total. The number of hydrogen-bond acceptors (Lipinski definition) is 7. The van der Waals surface area contributed by atoms with Crippen LogP contribution in [-0.2, 0) is 10.0 Å². The average Bonchev–Trinajstić information content (AvgIpc) is 2.55. The van der Waals surface area contributed by atoms with E-state index in [2.05, 4.69) is 31.7 Å². The van der Waals surface area contributed by atoms with Gasteiger partial charge in [-0.05, 0) is 11.6 Å². The van der Waals surface area contributed by atoms with Crippen LogP contribution >= 0.6 is 23.8 Å². The molecule has 0 aliphatic heterocycles. The highest BCUT2D eigenvalue weighted by Crippen LogP contribution is 2.13. The summed E-state index contributed by atoms with van der Waals surface area (Å²) in [5.41, 5.74) is 5.33. The van der Waals surface area contributed by atoms with Gasteiger partial charge in [0.15, 0.2) is 0 Å². The minimum absolute atomic E-state index is 0.0672. The lowest BCUT2D eigenvalue weighted by Gasteiger charge is -2.13. The van der Waals surface area contributed by atoms with E-state index in [0.29, 0.717) is 6.42 Å². The van der Waals surface area contributed by atoms with Crippen LogP contribution in [-0.4, -0.2) is 33.5 Å². The van der Waals surface area contributed by atoms with Crippen LogP contribution in [0, 0.1) is 0 Å². The van der Waals surface area contributed by atoms with Crippen LogP contribution in [0.2, 0.25) is 0 Å². The minimum Gasteiger partial charge on any atom is -0.392 e. The predicted octanol–water partition coefficient (Wildman–Crippen LogP) is -0.261. The highest BCUT2D eigenvalue weighted by Gasteiger charge is 2.27. The maximum atomic E-state index is 11.7. The minimum atomic E-state index is -3.64. The fraction of sp³-hybridized carbons (Fsp3) is 0.600. The number of nitrogens with zero attached hydrogens (tertiary/aromatic N) is 3. The molecule has 0 aromatic carbocycles. The van der Waals surface area contributed by atoms with E-state index in [1.165, 1.54) is 0 Å². The third-order valence-corrected chi connectivity index (χ3v) is 4.48. The Kier molecular flexibility index (Phi) is 3.88. The zero-order valence-electron chi connectivity index (χ0n) is 7.74. The quantitative estimate of drug-likeness (QED) is 0.707. The number of nitrogens with two attached hydrogens (primary N) is 1. The van der Waals surface area contributed by atoms with Crippen LogP contribution in [0.5, 0.6) is 0 Å². The first-order chi connectivity index (χ1) is 6.97. The second kappa shape index (κ2) is 4.77. The van der Waals surface area contributed by atoms with E-state index in [4.69, 9.17) is 5.73 Å². The third-order valence-electron chi connectivity index (χ3n) is 1.59. The molecule has 0 amide bonds. The first-order valence-corrected chi connectivity index (χ1v) is 6.66. The van der Waals surface area contributed by atoms with Gasteiger partial charge in [0.05, 0.1) is 4.99 Å². The van der Waals surface area contributed by atoms with Gasteiger partial charge in [0.2, 0.25) is 15.2 Å². The zero-order chi connectivity index (χ0) is 11.5. The molecule has 1 rings (SSSR count). The number of rotatable bonds is 5. The molecule has 0 fully saturated rings. The molecule has 1 atom stereocenters. The topological polar surface area (TPSA) is 111 Å². The molecule has 0 spiro atoms. The van der Waals surface area contributed by atoms with Crippen LogP contribution in [0.15, 0.2) is 0 Å². The van der Waals surface area contributed by atoms with Crippen LogP contribution in [0.1, 0.15) is 13.3 Å². The summed E-state index contributed by atoms with van der Waals surface area (Å²) in [6, 6.07) is 0. The van der Waals surface area contributed by atoms with Crippen molar-refractivity contribution in [2.75, 3.05) is 4.72 Å². The van der Waals surface area contributed by atoms with Crippen LogP contribution in [0.3, 0.4) is 0 Å². The molecule has 1 aromatic heterocycles. The fourth-order valence-electron chi connectivity index (χ4n) is 0.939. The Morgan fingerprint density at radius 2 is 2.40 bits per heavy atom. The average molecular weight is 267 g/mol. The Morgan fingerprint density at radius 3 is 2.80 bits per heavy atom. The van der Waals surface area contributed by atoms with Crippen LogP contribution in [0.4, 0.5) is 5.13 Å². The second-order valence-corrected chi connectivity index (χ2v) is 5.68. The SMILES string of the molecule is CCC(C(N)=S)S(=O)(=O)Nc1nnns1. The number of aromatic nitrogens is 3. The van der Waals surface area contributed by atoms with Crippen molar-refractivity contribution in [3.05, 3.63) is 0 Å². The summed E-state index contributed by atoms with van der Waals surface area (Å²) in [5.74, 6) is 0. The molecule has 1 heterocycles.